The summed E-state index contributed by atoms with van der Waals surface area (Å²) in [5, 5.41) is 0. The number of halogens is 2. The molecule has 0 aromatic heterocycles. The third-order valence-electron chi connectivity index (χ3n) is 3.07. The minimum absolute atomic E-state index is 0.0236. The molecule has 0 saturated carbocycles. The highest BCUT2D eigenvalue weighted by molar-refractivity contribution is 7.91. The number of sulfone groups is 1. The van der Waals surface area contributed by atoms with E-state index in [0.29, 0.717) is 5.56 Å². The number of nitrogens with two attached hydrogens (primary N) is 1. The molecule has 0 spiro atoms. The van der Waals surface area contributed by atoms with Gasteiger partial charge in [0.05, 0.1) is 10.6 Å². The van der Waals surface area contributed by atoms with Crippen LogP contribution in [0.1, 0.15) is 11.1 Å². The average molecular weight is 311 g/mol. The van der Waals surface area contributed by atoms with Crippen LogP contribution in [0.25, 0.3) is 0 Å². The molecule has 6 heteroatoms. The van der Waals surface area contributed by atoms with Crippen LogP contribution in [0.3, 0.4) is 0 Å². The van der Waals surface area contributed by atoms with Gasteiger partial charge < -0.3 is 5.73 Å². The quantitative estimate of drug-likeness (QED) is 0.882. The Bertz CT molecular complexity index is 744. The molecular formula is C15H15F2NO2S. The Morgan fingerprint density at radius 1 is 1.10 bits per heavy atom. The van der Waals surface area contributed by atoms with Gasteiger partial charge in [0.1, 0.15) is 5.75 Å². The van der Waals surface area contributed by atoms with Crippen molar-refractivity contribution in [3.8, 4) is 0 Å². The fraction of sp³-hybridized carbons (Fsp3) is 0.200. The zero-order valence-corrected chi connectivity index (χ0v) is 12.2. The topological polar surface area (TPSA) is 60.2 Å². The molecule has 2 rings (SSSR count). The zero-order chi connectivity index (χ0) is 15.7. The van der Waals surface area contributed by atoms with Crippen molar-refractivity contribution in [3.05, 3.63) is 59.7 Å². The maximum atomic E-state index is 14.1. The number of alkyl halides is 2. The van der Waals surface area contributed by atoms with Crippen LogP contribution >= 0.6 is 0 Å². The van der Waals surface area contributed by atoms with Gasteiger partial charge >= 0.3 is 0 Å². The molecule has 0 fully saturated rings. The van der Waals surface area contributed by atoms with Crippen LogP contribution < -0.4 is 5.73 Å². The number of hydrogen-bond acceptors (Lipinski definition) is 3. The van der Waals surface area contributed by atoms with Gasteiger partial charge in [-0.05, 0) is 24.6 Å². The second-order valence-electron chi connectivity index (χ2n) is 4.87. The summed E-state index contributed by atoms with van der Waals surface area (Å²) in [5.41, 5.74) is 5.90. The van der Waals surface area contributed by atoms with Crippen LogP contribution in [0.15, 0.2) is 53.4 Å². The van der Waals surface area contributed by atoms with E-state index in [4.69, 9.17) is 5.73 Å². The third-order valence-corrected chi connectivity index (χ3v) is 4.84. The Morgan fingerprint density at radius 3 is 2.33 bits per heavy atom. The standard InChI is InChI=1S/C15H15F2NO2S/c1-11-7-8-13(18)14(9-11)21(19,20)10-15(16,17)12-5-3-2-4-6-12/h2-9H,10,18H2,1H3. The van der Waals surface area contributed by atoms with E-state index in [0.717, 1.165) is 0 Å². The molecule has 0 aliphatic carbocycles. The van der Waals surface area contributed by atoms with E-state index in [-0.39, 0.29) is 16.1 Å². The Kier molecular flexibility index (Phi) is 4.00. The Hall–Kier alpha value is -1.95. The predicted octanol–water partition coefficient (Wildman–Crippen LogP) is 3.14. The first-order chi connectivity index (χ1) is 9.72. The molecule has 0 radical (unpaired) electrons. The van der Waals surface area contributed by atoms with E-state index in [1.54, 1.807) is 19.1 Å². The normalized spacial score (nSPS) is 12.3. The lowest BCUT2D eigenvalue weighted by molar-refractivity contribution is 0.0213. The maximum Gasteiger partial charge on any atom is 0.287 e. The molecule has 0 unspecified atom stereocenters. The molecule has 112 valence electrons. The summed E-state index contributed by atoms with van der Waals surface area (Å²) in [6.07, 6.45) is 0. The Balaban J connectivity index is 2.40. The number of nitrogen functional groups attached to an aromatic ring is 1. The van der Waals surface area contributed by atoms with E-state index in [1.165, 1.54) is 36.4 Å². The van der Waals surface area contributed by atoms with Crippen LogP contribution in [0.5, 0.6) is 0 Å². The first-order valence-electron chi connectivity index (χ1n) is 6.25. The van der Waals surface area contributed by atoms with E-state index in [2.05, 4.69) is 0 Å². The second kappa shape index (κ2) is 5.44. The van der Waals surface area contributed by atoms with Crippen LogP contribution in [0.2, 0.25) is 0 Å². The lowest BCUT2D eigenvalue weighted by atomic mass is 10.1. The summed E-state index contributed by atoms with van der Waals surface area (Å²) < 4.78 is 52.8. The summed E-state index contributed by atoms with van der Waals surface area (Å²) in [5.74, 6) is -4.78. The van der Waals surface area contributed by atoms with E-state index in [9.17, 15) is 17.2 Å². The van der Waals surface area contributed by atoms with Crippen molar-refractivity contribution in [3.63, 3.8) is 0 Å². The highest BCUT2D eigenvalue weighted by Gasteiger charge is 2.38. The van der Waals surface area contributed by atoms with Crippen molar-refractivity contribution < 1.29 is 17.2 Å². The minimum Gasteiger partial charge on any atom is -0.398 e. The molecule has 2 aromatic carbocycles. The molecule has 0 saturated heterocycles. The molecule has 0 atom stereocenters. The summed E-state index contributed by atoms with van der Waals surface area (Å²) in [7, 11) is -4.19. The summed E-state index contributed by atoms with van der Waals surface area (Å²) in [4.78, 5) is -0.252. The van der Waals surface area contributed by atoms with Crippen molar-refractivity contribution in [2.45, 2.75) is 17.7 Å². The number of anilines is 1. The van der Waals surface area contributed by atoms with Crippen LogP contribution in [-0.2, 0) is 15.8 Å². The van der Waals surface area contributed by atoms with Crippen molar-refractivity contribution in [2.75, 3.05) is 11.5 Å². The SMILES string of the molecule is Cc1ccc(N)c(S(=O)(=O)CC(F)(F)c2ccccc2)c1. The second-order valence-corrected chi connectivity index (χ2v) is 6.83. The van der Waals surface area contributed by atoms with Crippen molar-refractivity contribution in [2.24, 2.45) is 0 Å². The van der Waals surface area contributed by atoms with Gasteiger partial charge in [0.2, 0.25) is 0 Å². The van der Waals surface area contributed by atoms with Gasteiger partial charge in [-0.3, -0.25) is 0 Å². The highest BCUT2D eigenvalue weighted by Crippen LogP contribution is 2.33. The number of aryl methyl sites for hydroxylation is 1. The van der Waals surface area contributed by atoms with Crippen molar-refractivity contribution >= 4 is 15.5 Å². The molecule has 3 nitrogen and oxygen atoms in total. The molecule has 0 bridgehead atoms. The van der Waals surface area contributed by atoms with Crippen LogP contribution in [0, 0.1) is 6.92 Å². The van der Waals surface area contributed by atoms with E-state index >= 15 is 0 Å². The first-order valence-corrected chi connectivity index (χ1v) is 7.90. The molecule has 0 heterocycles. The van der Waals surface area contributed by atoms with E-state index in [1.807, 2.05) is 0 Å². The van der Waals surface area contributed by atoms with Gasteiger partial charge in [0.25, 0.3) is 5.92 Å². The fourth-order valence-corrected chi connectivity index (χ4v) is 3.58. The first kappa shape index (κ1) is 15.4. The lowest BCUT2D eigenvalue weighted by Crippen LogP contribution is -2.26. The van der Waals surface area contributed by atoms with Gasteiger partial charge in [0.15, 0.2) is 9.84 Å². The van der Waals surface area contributed by atoms with Crippen molar-refractivity contribution in [1.82, 2.24) is 0 Å². The molecular weight excluding hydrogens is 296 g/mol. The van der Waals surface area contributed by atoms with Crippen LogP contribution in [0.4, 0.5) is 14.5 Å². The van der Waals surface area contributed by atoms with Gasteiger partial charge in [-0.2, -0.15) is 0 Å². The van der Waals surface area contributed by atoms with Gasteiger partial charge in [-0.1, -0.05) is 36.4 Å². The molecule has 0 aliphatic rings. The lowest BCUT2D eigenvalue weighted by Gasteiger charge is -2.17. The summed E-state index contributed by atoms with van der Waals surface area (Å²) in [6, 6.07) is 11.2. The summed E-state index contributed by atoms with van der Waals surface area (Å²) >= 11 is 0. The molecule has 2 aromatic rings. The monoisotopic (exact) mass is 311 g/mol. The maximum absolute atomic E-state index is 14.1. The fourth-order valence-electron chi connectivity index (χ4n) is 1.99. The molecule has 0 amide bonds. The van der Waals surface area contributed by atoms with Gasteiger partial charge in [0, 0.05) is 5.56 Å². The Labute approximate surface area is 122 Å². The molecule has 21 heavy (non-hydrogen) atoms. The van der Waals surface area contributed by atoms with Crippen LogP contribution in [-0.4, -0.2) is 14.2 Å². The third kappa shape index (κ3) is 3.39. The zero-order valence-electron chi connectivity index (χ0n) is 11.4. The predicted molar refractivity (Wildman–Crippen MR) is 78.0 cm³/mol. The molecule has 0 aliphatic heterocycles. The molecule has 2 N–H and O–H groups in total. The van der Waals surface area contributed by atoms with E-state index < -0.39 is 21.5 Å². The number of rotatable bonds is 4. The summed E-state index contributed by atoms with van der Waals surface area (Å²) in [6.45, 7) is 1.67. The van der Waals surface area contributed by atoms with Gasteiger partial charge in [-0.25, -0.2) is 17.2 Å². The minimum atomic E-state index is -4.19. The Morgan fingerprint density at radius 2 is 1.71 bits per heavy atom. The average Bonchev–Trinajstić information content (AvgIpc) is 2.41. The smallest absolute Gasteiger partial charge is 0.287 e. The number of hydrogen-bond donors (Lipinski definition) is 1. The largest absolute Gasteiger partial charge is 0.398 e. The van der Waals surface area contributed by atoms with Crippen molar-refractivity contribution in [1.29, 1.82) is 0 Å². The highest BCUT2D eigenvalue weighted by atomic mass is 32.2. The number of benzene rings is 2. The van der Waals surface area contributed by atoms with Gasteiger partial charge in [-0.15, -0.1) is 0 Å².